The lowest BCUT2D eigenvalue weighted by atomic mass is 10.0. The van der Waals surface area contributed by atoms with Crippen LogP contribution in [0.25, 0.3) is 0 Å². The molecule has 1 saturated heterocycles. The molecular formula is C13H14F2OS. The zero-order valence-electron chi connectivity index (χ0n) is 9.42. The van der Waals surface area contributed by atoms with Gasteiger partial charge in [0.05, 0.1) is 5.25 Å². The van der Waals surface area contributed by atoms with Crippen molar-refractivity contribution in [1.29, 1.82) is 0 Å². The molecule has 1 heterocycles. The fourth-order valence-electron chi connectivity index (χ4n) is 1.96. The number of carbonyl (C=O) groups is 1. The number of carbonyl (C=O) groups excluding carboxylic acids is 1. The van der Waals surface area contributed by atoms with Crippen LogP contribution in [-0.2, 0) is 11.2 Å². The van der Waals surface area contributed by atoms with Crippen molar-refractivity contribution in [3.63, 3.8) is 0 Å². The van der Waals surface area contributed by atoms with Gasteiger partial charge in [-0.3, -0.25) is 4.79 Å². The van der Waals surface area contributed by atoms with Gasteiger partial charge in [-0.05, 0) is 30.2 Å². The van der Waals surface area contributed by atoms with E-state index >= 15 is 0 Å². The molecule has 0 spiro atoms. The van der Waals surface area contributed by atoms with Crippen LogP contribution < -0.4 is 0 Å². The number of rotatable bonds is 3. The molecule has 92 valence electrons. The van der Waals surface area contributed by atoms with Gasteiger partial charge in [0, 0.05) is 12.5 Å². The molecule has 1 unspecified atom stereocenters. The van der Waals surface area contributed by atoms with Crippen LogP contribution in [0.1, 0.15) is 24.8 Å². The summed E-state index contributed by atoms with van der Waals surface area (Å²) in [5.41, 5.74) is 0.294. The van der Waals surface area contributed by atoms with E-state index in [9.17, 15) is 13.6 Å². The van der Waals surface area contributed by atoms with Crippen molar-refractivity contribution < 1.29 is 13.6 Å². The molecular weight excluding hydrogens is 242 g/mol. The van der Waals surface area contributed by atoms with Gasteiger partial charge in [-0.25, -0.2) is 8.78 Å². The molecule has 0 aliphatic carbocycles. The molecule has 1 aliphatic heterocycles. The van der Waals surface area contributed by atoms with E-state index in [4.69, 9.17) is 0 Å². The van der Waals surface area contributed by atoms with E-state index in [1.165, 1.54) is 12.1 Å². The molecule has 1 atom stereocenters. The zero-order valence-corrected chi connectivity index (χ0v) is 10.2. The largest absolute Gasteiger partial charge is 0.298 e. The Morgan fingerprint density at radius 2 is 2.18 bits per heavy atom. The smallest absolute Gasteiger partial charge is 0.150 e. The second kappa shape index (κ2) is 5.63. The molecule has 1 nitrogen and oxygen atoms in total. The van der Waals surface area contributed by atoms with Crippen LogP contribution in [0.3, 0.4) is 0 Å². The Bertz CT molecular complexity index is 414. The van der Waals surface area contributed by atoms with Gasteiger partial charge >= 0.3 is 0 Å². The molecule has 0 radical (unpaired) electrons. The maximum Gasteiger partial charge on any atom is 0.150 e. The lowest BCUT2D eigenvalue weighted by Gasteiger charge is -2.19. The van der Waals surface area contributed by atoms with Crippen molar-refractivity contribution in [2.45, 2.75) is 30.9 Å². The number of benzene rings is 1. The fourth-order valence-corrected chi connectivity index (χ4v) is 3.22. The number of hydrogen-bond donors (Lipinski definition) is 0. The number of hydrogen-bond acceptors (Lipinski definition) is 2. The SMILES string of the molecule is O=C(Cc1ccc(F)cc1F)C1CCCCS1. The van der Waals surface area contributed by atoms with E-state index in [2.05, 4.69) is 0 Å². The maximum absolute atomic E-state index is 13.4. The molecule has 0 bridgehead atoms. The van der Waals surface area contributed by atoms with Crippen LogP contribution in [-0.4, -0.2) is 16.8 Å². The highest BCUT2D eigenvalue weighted by molar-refractivity contribution is 8.00. The van der Waals surface area contributed by atoms with E-state index in [0.29, 0.717) is 5.56 Å². The number of halogens is 2. The summed E-state index contributed by atoms with van der Waals surface area (Å²) in [6.07, 6.45) is 3.17. The average molecular weight is 256 g/mol. The Morgan fingerprint density at radius 3 is 2.82 bits per heavy atom. The zero-order chi connectivity index (χ0) is 12.3. The molecule has 2 rings (SSSR count). The van der Waals surface area contributed by atoms with Gasteiger partial charge in [-0.1, -0.05) is 12.5 Å². The molecule has 0 aromatic heterocycles. The van der Waals surface area contributed by atoms with E-state index in [1.54, 1.807) is 11.8 Å². The third-order valence-electron chi connectivity index (χ3n) is 2.92. The number of thioether (sulfide) groups is 1. The summed E-state index contributed by atoms with van der Waals surface area (Å²) in [4.78, 5) is 11.9. The first kappa shape index (κ1) is 12.6. The second-order valence-corrected chi connectivity index (χ2v) is 5.54. The van der Waals surface area contributed by atoms with Crippen LogP contribution in [0.15, 0.2) is 18.2 Å². The Balaban J connectivity index is 2.02. The second-order valence-electron chi connectivity index (χ2n) is 4.23. The first-order chi connectivity index (χ1) is 8.16. The van der Waals surface area contributed by atoms with Crippen LogP contribution in [0.2, 0.25) is 0 Å². The minimum Gasteiger partial charge on any atom is -0.298 e. The van der Waals surface area contributed by atoms with Gasteiger partial charge in [0.15, 0.2) is 0 Å². The molecule has 1 aliphatic rings. The van der Waals surface area contributed by atoms with Crippen molar-refractivity contribution in [3.8, 4) is 0 Å². The third-order valence-corrected chi connectivity index (χ3v) is 4.34. The number of Topliss-reactive ketones (excluding diaryl/α,β-unsaturated/α-hetero) is 1. The van der Waals surface area contributed by atoms with Crippen LogP contribution in [0, 0.1) is 11.6 Å². The van der Waals surface area contributed by atoms with E-state index in [1.807, 2.05) is 0 Å². The van der Waals surface area contributed by atoms with Gasteiger partial charge in [-0.15, -0.1) is 0 Å². The van der Waals surface area contributed by atoms with E-state index in [0.717, 1.165) is 31.1 Å². The van der Waals surface area contributed by atoms with E-state index < -0.39 is 11.6 Å². The van der Waals surface area contributed by atoms with Crippen LogP contribution in [0.5, 0.6) is 0 Å². The molecule has 0 saturated carbocycles. The minimum atomic E-state index is -0.626. The Labute approximate surface area is 104 Å². The summed E-state index contributed by atoms with van der Waals surface area (Å²) in [6, 6.07) is 3.38. The first-order valence-electron chi connectivity index (χ1n) is 5.75. The molecule has 4 heteroatoms. The van der Waals surface area contributed by atoms with Crippen LogP contribution in [0.4, 0.5) is 8.78 Å². The Morgan fingerprint density at radius 1 is 1.35 bits per heavy atom. The predicted molar refractivity (Wildman–Crippen MR) is 65.2 cm³/mol. The standard InChI is InChI=1S/C13H14F2OS/c14-10-5-4-9(11(15)8-10)7-12(16)13-3-1-2-6-17-13/h4-5,8,13H,1-3,6-7H2. The van der Waals surface area contributed by atoms with Crippen molar-refractivity contribution in [1.82, 2.24) is 0 Å². The molecule has 0 amide bonds. The van der Waals surface area contributed by atoms with Gasteiger partial charge < -0.3 is 0 Å². The van der Waals surface area contributed by atoms with Gasteiger partial charge in [-0.2, -0.15) is 11.8 Å². The van der Waals surface area contributed by atoms with Gasteiger partial charge in [0.1, 0.15) is 17.4 Å². The predicted octanol–water partition coefficient (Wildman–Crippen LogP) is 3.36. The van der Waals surface area contributed by atoms with Gasteiger partial charge in [0.25, 0.3) is 0 Å². The number of ketones is 1. The summed E-state index contributed by atoms with van der Waals surface area (Å²) < 4.78 is 26.1. The quantitative estimate of drug-likeness (QED) is 0.825. The summed E-state index contributed by atoms with van der Waals surface area (Å²) in [5.74, 6) is -0.174. The van der Waals surface area contributed by atoms with Crippen molar-refractivity contribution in [3.05, 3.63) is 35.4 Å². The summed E-state index contributed by atoms with van der Waals surface area (Å²) in [6.45, 7) is 0. The molecule has 1 aromatic carbocycles. The Hall–Kier alpha value is -0.900. The first-order valence-corrected chi connectivity index (χ1v) is 6.80. The Kier molecular flexibility index (Phi) is 4.15. The normalized spacial score (nSPS) is 20.2. The van der Waals surface area contributed by atoms with Gasteiger partial charge in [0.2, 0.25) is 0 Å². The summed E-state index contributed by atoms with van der Waals surface area (Å²) in [5, 5.41) is -0.00629. The highest BCUT2D eigenvalue weighted by atomic mass is 32.2. The summed E-state index contributed by atoms with van der Waals surface area (Å²) >= 11 is 1.65. The third kappa shape index (κ3) is 3.28. The monoisotopic (exact) mass is 256 g/mol. The van der Waals surface area contributed by atoms with Crippen molar-refractivity contribution in [2.24, 2.45) is 0 Å². The lowest BCUT2D eigenvalue weighted by Crippen LogP contribution is -2.23. The lowest BCUT2D eigenvalue weighted by molar-refractivity contribution is -0.118. The van der Waals surface area contributed by atoms with Crippen molar-refractivity contribution in [2.75, 3.05) is 5.75 Å². The van der Waals surface area contributed by atoms with E-state index in [-0.39, 0.29) is 17.5 Å². The maximum atomic E-state index is 13.4. The topological polar surface area (TPSA) is 17.1 Å². The molecule has 0 N–H and O–H groups in total. The molecule has 1 aromatic rings. The van der Waals surface area contributed by atoms with Crippen molar-refractivity contribution >= 4 is 17.5 Å². The van der Waals surface area contributed by atoms with Crippen LogP contribution >= 0.6 is 11.8 Å². The minimum absolute atomic E-state index is 0.00629. The summed E-state index contributed by atoms with van der Waals surface area (Å²) in [7, 11) is 0. The molecule has 1 fully saturated rings. The molecule has 17 heavy (non-hydrogen) atoms. The average Bonchev–Trinajstić information content (AvgIpc) is 2.34. The highest BCUT2D eigenvalue weighted by Crippen LogP contribution is 2.27. The fraction of sp³-hybridized carbons (Fsp3) is 0.462. The highest BCUT2D eigenvalue weighted by Gasteiger charge is 2.22.